The topological polar surface area (TPSA) is 79.5 Å². The zero-order valence-electron chi connectivity index (χ0n) is 11.5. The maximum Gasteiger partial charge on any atom is 0.250 e. The maximum absolute atomic E-state index is 5.88. The van der Waals surface area contributed by atoms with Gasteiger partial charge in [-0.15, -0.1) is 0 Å². The Morgan fingerprint density at radius 1 is 1.10 bits per heavy atom. The number of rotatable bonds is 6. The summed E-state index contributed by atoms with van der Waals surface area (Å²) in [6.07, 6.45) is 2.25. The third-order valence-corrected chi connectivity index (χ3v) is 2.52. The number of anilines is 1. The van der Waals surface area contributed by atoms with Crippen molar-refractivity contribution < 1.29 is 14.2 Å². The van der Waals surface area contributed by atoms with Crippen LogP contribution in [-0.2, 0) is 0 Å². The average molecular weight is 275 g/mol. The van der Waals surface area contributed by atoms with Crippen molar-refractivity contribution in [1.29, 1.82) is 0 Å². The molecule has 0 spiro atoms. The minimum atomic E-state index is 0.240. The number of hydrogen-bond donors (Lipinski definition) is 1. The van der Waals surface area contributed by atoms with Crippen LogP contribution in [-0.4, -0.2) is 23.7 Å². The molecule has 2 rings (SSSR count). The van der Waals surface area contributed by atoms with Crippen molar-refractivity contribution >= 4 is 5.69 Å². The highest BCUT2D eigenvalue weighted by molar-refractivity contribution is 5.57. The predicted molar refractivity (Wildman–Crippen MR) is 75.3 cm³/mol. The first kappa shape index (κ1) is 13.9. The van der Waals surface area contributed by atoms with Gasteiger partial charge in [0.2, 0.25) is 11.8 Å². The van der Waals surface area contributed by atoms with Crippen LogP contribution in [0.5, 0.6) is 23.3 Å². The van der Waals surface area contributed by atoms with Gasteiger partial charge in [0.05, 0.1) is 13.7 Å². The number of para-hydroxylation sites is 2. The molecule has 1 aromatic carbocycles. The summed E-state index contributed by atoms with van der Waals surface area (Å²) < 4.78 is 16.3. The van der Waals surface area contributed by atoms with Crippen LogP contribution >= 0.6 is 0 Å². The molecule has 20 heavy (non-hydrogen) atoms. The van der Waals surface area contributed by atoms with Crippen LogP contribution in [0.3, 0.4) is 0 Å². The van der Waals surface area contributed by atoms with E-state index in [1.54, 1.807) is 6.07 Å². The lowest BCUT2D eigenvalue weighted by atomic mass is 10.3. The van der Waals surface area contributed by atoms with E-state index in [2.05, 4.69) is 9.97 Å². The number of nitrogens with two attached hydrogens (primary N) is 1. The number of aromatic nitrogens is 2. The van der Waals surface area contributed by atoms with E-state index in [-0.39, 0.29) is 17.4 Å². The normalized spacial score (nSPS) is 10.1. The van der Waals surface area contributed by atoms with Crippen molar-refractivity contribution in [2.75, 3.05) is 19.5 Å². The molecule has 0 saturated heterocycles. The third kappa shape index (κ3) is 3.09. The fourth-order valence-electron chi connectivity index (χ4n) is 1.58. The van der Waals surface area contributed by atoms with E-state index < -0.39 is 0 Å². The summed E-state index contributed by atoms with van der Waals surface area (Å²) >= 11 is 0. The fraction of sp³-hybridized carbons (Fsp3) is 0.286. The minimum Gasteiger partial charge on any atom is -0.490 e. The lowest BCUT2D eigenvalue weighted by Crippen LogP contribution is -2.02. The van der Waals surface area contributed by atoms with Gasteiger partial charge in [0.25, 0.3) is 0 Å². The SMILES string of the molecule is CCCOc1ccccc1Oc1ncnc(OC)c1N. The molecule has 2 N–H and O–H groups in total. The number of hydrogen-bond acceptors (Lipinski definition) is 6. The second-order valence-corrected chi connectivity index (χ2v) is 4.00. The molecule has 0 fully saturated rings. The number of nitrogen functional groups attached to an aromatic ring is 1. The summed E-state index contributed by atoms with van der Waals surface area (Å²) in [6.45, 7) is 2.65. The number of methoxy groups -OCH3 is 1. The van der Waals surface area contributed by atoms with Gasteiger partial charge in [-0.3, -0.25) is 0 Å². The van der Waals surface area contributed by atoms with E-state index in [0.717, 1.165) is 6.42 Å². The fourth-order valence-corrected chi connectivity index (χ4v) is 1.58. The highest BCUT2D eigenvalue weighted by Crippen LogP contribution is 2.35. The first-order chi connectivity index (χ1) is 9.76. The molecule has 0 unspecified atom stereocenters. The number of benzene rings is 1. The lowest BCUT2D eigenvalue weighted by molar-refractivity contribution is 0.300. The van der Waals surface area contributed by atoms with Gasteiger partial charge < -0.3 is 19.9 Å². The number of ether oxygens (including phenoxy) is 3. The Morgan fingerprint density at radius 2 is 1.80 bits per heavy atom. The van der Waals surface area contributed by atoms with Crippen LogP contribution in [0.4, 0.5) is 5.69 Å². The van der Waals surface area contributed by atoms with E-state index in [1.165, 1.54) is 13.4 Å². The van der Waals surface area contributed by atoms with E-state index in [0.29, 0.717) is 18.1 Å². The van der Waals surface area contributed by atoms with Crippen LogP contribution in [0.2, 0.25) is 0 Å². The first-order valence-electron chi connectivity index (χ1n) is 6.30. The quantitative estimate of drug-likeness (QED) is 0.873. The van der Waals surface area contributed by atoms with E-state index in [9.17, 15) is 0 Å². The lowest BCUT2D eigenvalue weighted by Gasteiger charge is -2.12. The Balaban J connectivity index is 2.26. The molecule has 0 aliphatic rings. The van der Waals surface area contributed by atoms with E-state index in [1.807, 2.05) is 25.1 Å². The Kier molecular flexibility index (Phi) is 4.60. The van der Waals surface area contributed by atoms with Crippen molar-refractivity contribution in [3.63, 3.8) is 0 Å². The first-order valence-corrected chi connectivity index (χ1v) is 6.30. The molecular weight excluding hydrogens is 258 g/mol. The molecule has 0 amide bonds. The zero-order valence-corrected chi connectivity index (χ0v) is 11.5. The highest BCUT2D eigenvalue weighted by atomic mass is 16.5. The third-order valence-electron chi connectivity index (χ3n) is 2.52. The van der Waals surface area contributed by atoms with Crippen molar-refractivity contribution in [2.45, 2.75) is 13.3 Å². The molecule has 0 atom stereocenters. The minimum absolute atomic E-state index is 0.240. The summed E-state index contributed by atoms with van der Waals surface area (Å²) in [5, 5.41) is 0. The van der Waals surface area contributed by atoms with Crippen molar-refractivity contribution in [2.24, 2.45) is 0 Å². The largest absolute Gasteiger partial charge is 0.490 e. The highest BCUT2D eigenvalue weighted by Gasteiger charge is 2.13. The summed E-state index contributed by atoms with van der Waals surface area (Å²) in [5.74, 6) is 1.71. The second kappa shape index (κ2) is 6.60. The molecular formula is C14H17N3O3. The van der Waals surface area contributed by atoms with E-state index >= 15 is 0 Å². The number of nitrogens with zero attached hydrogens (tertiary/aromatic N) is 2. The zero-order chi connectivity index (χ0) is 14.4. The molecule has 0 saturated carbocycles. The molecule has 1 aromatic heterocycles. The Labute approximate surface area is 117 Å². The van der Waals surface area contributed by atoms with Gasteiger partial charge in [0, 0.05) is 0 Å². The second-order valence-electron chi connectivity index (χ2n) is 4.00. The van der Waals surface area contributed by atoms with Crippen LogP contribution in [0.25, 0.3) is 0 Å². The van der Waals surface area contributed by atoms with Crippen LogP contribution in [0.15, 0.2) is 30.6 Å². The standard InChI is InChI=1S/C14H17N3O3/c1-3-8-19-10-6-4-5-7-11(10)20-14-12(15)13(18-2)16-9-17-14/h4-7,9H,3,8,15H2,1-2H3. The van der Waals surface area contributed by atoms with E-state index in [4.69, 9.17) is 19.9 Å². The molecule has 1 heterocycles. The molecule has 0 aliphatic carbocycles. The summed E-state index contributed by atoms with van der Waals surface area (Å²) in [4.78, 5) is 7.91. The molecule has 2 aromatic rings. The Bertz CT molecular complexity index is 575. The van der Waals surface area contributed by atoms with Crippen molar-refractivity contribution in [3.05, 3.63) is 30.6 Å². The van der Waals surface area contributed by atoms with Crippen molar-refractivity contribution in [1.82, 2.24) is 9.97 Å². The van der Waals surface area contributed by atoms with Gasteiger partial charge in [0.15, 0.2) is 17.2 Å². The Morgan fingerprint density at radius 3 is 2.50 bits per heavy atom. The van der Waals surface area contributed by atoms with Crippen molar-refractivity contribution in [3.8, 4) is 23.3 Å². The average Bonchev–Trinajstić information content (AvgIpc) is 2.48. The molecule has 0 radical (unpaired) electrons. The molecule has 106 valence electrons. The Hall–Kier alpha value is -2.50. The van der Waals surface area contributed by atoms with Crippen LogP contribution < -0.4 is 19.9 Å². The summed E-state index contributed by atoms with van der Waals surface area (Å²) in [5.41, 5.74) is 6.13. The monoisotopic (exact) mass is 275 g/mol. The van der Waals surface area contributed by atoms with Gasteiger partial charge >= 0.3 is 0 Å². The summed E-state index contributed by atoms with van der Waals surface area (Å²) in [6, 6.07) is 7.35. The smallest absolute Gasteiger partial charge is 0.250 e. The van der Waals surface area contributed by atoms with Gasteiger partial charge in [-0.2, -0.15) is 9.97 Å². The molecule has 6 heteroatoms. The molecule has 6 nitrogen and oxygen atoms in total. The van der Waals surface area contributed by atoms with Gasteiger partial charge in [-0.05, 0) is 18.6 Å². The molecule has 0 bridgehead atoms. The van der Waals surface area contributed by atoms with Gasteiger partial charge in [0.1, 0.15) is 6.33 Å². The van der Waals surface area contributed by atoms with Crippen LogP contribution in [0.1, 0.15) is 13.3 Å². The van der Waals surface area contributed by atoms with Crippen LogP contribution in [0, 0.1) is 0 Å². The van der Waals surface area contributed by atoms with Gasteiger partial charge in [-0.1, -0.05) is 19.1 Å². The molecule has 0 aliphatic heterocycles. The predicted octanol–water partition coefficient (Wildman–Crippen LogP) is 2.65. The maximum atomic E-state index is 5.88. The van der Waals surface area contributed by atoms with Gasteiger partial charge in [-0.25, -0.2) is 0 Å². The summed E-state index contributed by atoms with van der Waals surface area (Å²) in [7, 11) is 1.49.